The van der Waals surface area contributed by atoms with Crippen LogP contribution in [0, 0.1) is 6.92 Å². The number of rotatable bonds is 8. The molecule has 2 aromatic carbocycles. The van der Waals surface area contributed by atoms with E-state index in [2.05, 4.69) is 51.8 Å². The van der Waals surface area contributed by atoms with Gasteiger partial charge in [-0.3, -0.25) is 0 Å². The van der Waals surface area contributed by atoms with E-state index in [-0.39, 0.29) is 0 Å². The molecule has 0 saturated heterocycles. The van der Waals surface area contributed by atoms with E-state index in [0.29, 0.717) is 11.5 Å². The molecule has 28 heavy (non-hydrogen) atoms. The first-order chi connectivity index (χ1) is 13.3. The molecule has 0 spiro atoms. The molecular formula is C26H29NO. The summed E-state index contributed by atoms with van der Waals surface area (Å²) >= 11 is 0. The number of ether oxygens (including phenoxy) is 1. The summed E-state index contributed by atoms with van der Waals surface area (Å²) in [5, 5.41) is 0. The minimum absolute atomic E-state index is 0.619. The van der Waals surface area contributed by atoms with Crippen molar-refractivity contribution in [2.75, 3.05) is 5.73 Å². The molecule has 2 N–H and O–H groups in total. The highest BCUT2D eigenvalue weighted by Crippen LogP contribution is 2.25. The van der Waals surface area contributed by atoms with Gasteiger partial charge < -0.3 is 10.5 Å². The number of aryl methyl sites for hydroxylation is 1. The molecule has 2 aromatic rings. The number of benzene rings is 2. The molecule has 0 aliphatic rings. The average Bonchev–Trinajstić information content (AvgIpc) is 2.65. The molecular weight excluding hydrogens is 342 g/mol. The van der Waals surface area contributed by atoms with Crippen molar-refractivity contribution in [2.45, 2.75) is 27.2 Å². The van der Waals surface area contributed by atoms with Crippen molar-refractivity contribution in [3.05, 3.63) is 114 Å². The van der Waals surface area contributed by atoms with E-state index in [1.54, 1.807) is 0 Å². The van der Waals surface area contributed by atoms with Gasteiger partial charge in [-0.15, -0.1) is 0 Å². The van der Waals surface area contributed by atoms with Crippen LogP contribution in [0.1, 0.15) is 36.1 Å². The number of hydrogen-bond donors (Lipinski definition) is 1. The SMILES string of the molecule is C=C/C=C(\C(C)=C/Cc1ccc(C(=C)OC(=C)C)cc1C)c1ccc(N)cc1. The second-order valence-electron chi connectivity index (χ2n) is 6.90. The van der Waals surface area contributed by atoms with Gasteiger partial charge in [0.2, 0.25) is 0 Å². The Bertz CT molecular complexity index is 943. The molecule has 0 saturated carbocycles. The Balaban J connectivity index is 2.22. The van der Waals surface area contributed by atoms with Gasteiger partial charge in [0.1, 0.15) is 5.76 Å². The first kappa shape index (κ1) is 21.0. The molecule has 0 atom stereocenters. The van der Waals surface area contributed by atoms with Crippen molar-refractivity contribution in [1.82, 2.24) is 0 Å². The van der Waals surface area contributed by atoms with Crippen molar-refractivity contribution < 1.29 is 4.74 Å². The second-order valence-corrected chi connectivity index (χ2v) is 6.90. The van der Waals surface area contributed by atoms with Crippen LogP contribution in [-0.2, 0) is 11.2 Å². The van der Waals surface area contributed by atoms with Gasteiger partial charge in [-0.05, 0) is 73.2 Å². The Kier molecular flexibility index (Phi) is 7.22. The lowest BCUT2D eigenvalue weighted by atomic mass is 9.95. The molecule has 144 valence electrons. The summed E-state index contributed by atoms with van der Waals surface area (Å²) in [5.74, 6) is 1.25. The number of hydrogen-bond acceptors (Lipinski definition) is 2. The zero-order chi connectivity index (χ0) is 20.7. The normalized spacial score (nSPS) is 11.8. The summed E-state index contributed by atoms with van der Waals surface area (Å²) in [6, 6.07) is 14.2. The predicted molar refractivity (Wildman–Crippen MR) is 123 cm³/mol. The van der Waals surface area contributed by atoms with Crippen LogP contribution in [0.4, 0.5) is 5.69 Å². The molecule has 2 heteroatoms. The molecule has 0 aliphatic heterocycles. The summed E-state index contributed by atoms with van der Waals surface area (Å²) in [7, 11) is 0. The number of nitrogens with two attached hydrogens (primary N) is 1. The van der Waals surface area contributed by atoms with Gasteiger partial charge >= 0.3 is 0 Å². The minimum Gasteiger partial charge on any atom is -0.463 e. The fraction of sp³-hybridized carbons (Fsp3) is 0.154. The monoisotopic (exact) mass is 371 g/mol. The third-order valence-electron chi connectivity index (χ3n) is 4.52. The van der Waals surface area contributed by atoms with Crippen molar-refractivity contribution in [3.63, 3.8) is 0 Å². The highest BCUT2D eigenvalue weighted by molar-refractivity contribution is 5.80. The van der Waals surface area contributed by atoms with Gasteiger partial charge in [0.15, 0.2) is 0 Å². The van der Waals surface area contributed by atoms with E-state index in [4.69, 9.17) is 10.5 Å². The number of anilines is 1. The number of nitrogen functional groups attached to an aromatic ring is 1. The fourth-order valence-electron chi connectivity index (χ4n) is 2.98. The maximum absolute atomic E-state index is 5.81. The highest BCUT2D eigenvalue weighted by atomic mass is 16.5. The molecule has 2 rings (SSSR count). The van der Waals surface area contributed by atoms with E-state index >= 15 is 0 Å². The first-order valence-electron chi connectivity index (χ1n) is 9.29. The molecule has 0 aromatic heterocycles. The van der Waals surface area contributed by atoms with Gasteiger partial charge in [-0.1, -0.05) is 62.2 Å². The standard InChI is InChI=1S/C26H29NO/c1-7-8-26(23-13-15-25(27)16-14-23)19(4)9-10-22-11-12-24(17-20(22)5)21(6)28-18(2)3/h7-9,11-17H,1-2,6,10,27H2,3-5H3/b19-9-,26-8+. The van der Waals surface area contributed by atoms with Crippen LogP contribution < -0.4 is 5.73 Å². The molecule has 0 bridgehead atoms. The molecule has 0 heterocycles. The van der Waals surface area contributed by atoms with Crippen LogP contribution in [0.5, 0.6) is 0 Å². The number of allylic oxidation sites excluding steroid dienone is 6. The molecule has 2 nitrogen and oxygen atoms in total. The van der Waals surface area contributed by atoms with E-state index in [1.807, 2.05) is 49.4 Å². The van der Waals surface area contributed by atoms with Crippen LogP contribution in [0.25, 0.3) is 11.3 Å². The van der Waals surface area contributed by atoms with Crippen LogP contribution in [0.3, 0.4) is 0 Å². The Morgan fingerprint density at radius 3 is 2.25 bits per heavy atom. The van der Waals surface area contributed by atoms with Crippen molar-refractivity contribution in [1.29, 1.82) is 0 Å². The van der Waals surface area contributed by atoms with Gasteiger partial charge in [-0.2, -0.15) is 0 Å². The van der Waals surface area contributed by atoms with Crippen LogP contribution in [0.2, 0.25) is 0 Å². The molecule has 0 unspecified atom stereocenters. The summed E-state index contributed by atoms with van der Waals surface area (Å²) in [4.78, 5) is 0. The second kappa shape index (κ2) is 9.61. The van der Waals surface area contributed by atoms with Gasteiger partial charge in [0.05, 0.1) is 5.76 Å². The van der Waals surface area contributed by atoms with Crippen LogP contribution in [0.15, 0.2) is 91.8 Å². The van der Waals surface area contributed by atoms with Gasteiger partial charge in [-0.25, -0.2) is 0 Å². The maximum Gasteiger partial charge on any atom is 0.126 e. The van der Waals surface area contributed by atoms with Crippen LogP contribution >= 0.6 is 0 Å². The summed E-state index contributed by atoms with van der Waals surface area (Å²) in [6.45, 7) is 17.6. The van der Waals surface area contributed by atoms with E-state index in [9.17, 15) is 0 Å². The Labute approximate surface area is 169 Å². The van der Waals surface area contributed by atoms with Gasteiger partial charge in [0.25, 0.3) is 0 Å². The summed E-state index contributed by atoms with van der Waals surface area (Å²) in [6.07, 6.45) is 6.94. The average molecular weight is 372 g/mol. The lowest BCUT2D eigenvalue weighted by Crippen LogP contribution is -1.94. The third-order valence-corrected chi connectivity index (χ3v) is 4.52. The van der Waals surface area contributed by atoms with Crippen molar-refractivity contribution in [3.8, 4) is 0 Å². The Morgan fingerprint density at radius 1 is 1.04 bits per heavy atom. The largest absolute Gasteiger partial charge is 0.463 e. The quantitative estimate of drug-likeness (QED) is 0.313. The minimum atomic E-state index is 0.619. The topological polar surface area (TPSA) is 35.2 Å². The Hall–Kier alpha value is -3.26. The maximum atomic E-state index is 5.81. The van der Waals surface area contributed by atoms with E-state index < -0.39 is 0 Å². The summed E-state index contributed by atoms with van der Waals surface area (Å²) in [5.41, 5.74) is 13.5. The molecule has 0 amide bonds. The zero-order valence-electron chi connectivity index (χ0n) is 17.1. The lowest BCUT2D eigenvalue weighted by Gasteiger charge is -2.12. The summed E-state index contributed by atoms with van der Waals surface area (Å²) < 4.78 is 5.52. The van der Waals surface area contributed by atoms with Crippen molar-refractivity contribution in [2.24, 2.45) is 0 Å². The Morgan fingerprint density at radius 2 is 1.68 bits per heavy atom. The predicted octanol–water partition coefficient (Wildman–Crippen LogP) is 6.86. The molecule has 0 fully saturated rings. The van der Waals surface area contributed by atoms with Gasteiger partial charge in [0, 0.05) is 11.3 Å². The third kappa shape index (κ3) is 5.62. The van der Waals surface area contributed by atoms with E-state index in [1.165, 1.54) is 16.7 Å². The lowest BCUT2D eigenvalue weighted by molar-refractivity contribution is 0.388. The highest BCUT2D eigenvalue weighted by Gasteiger charge is 2.06. The smallest absolute Gasteiger partial charge is 0.126 e. The first-order valence-corrected chi connectivity index (χ1v) is 9.29. The van der Waals surface area contributed by atoms with Crippen molar-refractivity contribution >= 4 is 17.0 Å². The molecule has 0 radical (unpaired) electrons. The van der Waals surface area contributed by atoms with E-state index in [0.717, 1.165) is 28.8 Å². The fourth-order valence-corrected chi connectivity index (χ4v) is 2.98. The van der Waals surface area contributed by atoms with Crippen LogP contribution in [-0.4, -0.2) is 0 Å². The zero-order valence-corrected chi connectivity index (χ0v) is 17.1. The molecule has 0 aliphatic carbocycles.